The highest BCUT2D eigenvalue weighted by molar-refractivity contribution is 5.92. The Morgan fingerprint density at radius 2 is 0.950 bits per heavy atom. The standard InChI is InChI=1S/C28H38N4O8/c1-27(2,3)39-25(37)29-31(17-19-13-9-7-10-14-19)23(35)21(33)22(34)24(36)32(18-20-15-11-8-12-16-20)30-26(38)40-28(4,5)6/h7-16,21-22,33-34H,17-18H2,1-6H3,(H,29,37)(H,30,38)/t21-,22-/m1/s1. The Labute approximate surface area is 233 Å². The Balaban J connectivity index is 2.27. The smallest absolute Gasteiger partial charge is 0.426 e. The van der Waals surface area contributed by atoms with Crippen molar-refractivity contribution in [3.05, 3.63) is 71.8 Å². The third kappa shape index (κ3) is 10.9. The fraction of sp³-hybridized carbons (Fsp3) is 0.429. The van der Waals surface area contributed by atoms with Gasteiger partial charge >= 0.3 is 12.2 Å². The van der Waals surface area contributed by atoms with Crippen molar-refractivity contribution >= 4 is 24.0 Å². The number of nitrogens with one attached hydrogen (secondary N) is 2. The van der Waals surface area contributed by atoms with Crippen molar-refractivity contribution in [1.82, 2.24) is 20.9 Å². The highest BCUT2D eigenvalue weighted by atomic mass is 16.6. The van der Waals surface area contributed by atoms with Gasteiger partial charge in [0.05, 0.1) is 13.1 Å². The molecule has 0 unspecified atom stereocenters. The molecule has 2 aromatic rings. The Hall–Kier alpha value is -4.16. The molecule has 0 aliphatic rings. The van der Waals surface area contributed by atoms with Crippen LogP contribution in [0.25, 0.3) is 0 Å². The van der Waals surface area contributed by atoms with Crippen LogP contribution in [-0.2, 0) is 32.2 Å². The summed E-state index contributed by atoms with van der Waals surface area (Å²) in [5.41, 5.74) is 3.91. The van der Waals surface area contributed by atoms with Gasteiger partial charge in [-0.25, -0.2) is 30.5 Å². The minimum atomic E-state index is -2.31. The largest absolute Gasteiger partial charge is 0.443 e. The van der Waals surface area contributed by atoms with Gasteiger partial charge < -0.3 is 19.7 Å². The molecule has 0 aliphatic heterocycles. The highest BCUT2D eigenvalue weighted by Crippen LogP contribution is 2.13. The molecule has 0 saturated carbocycles. The lowest BCUT2D eigenvalue weighted by molar-refractivity contribution is -0.162. The molecule has 2 atom stereocenters. The van der Waals surface area contributed by atoms with Crippen LogP contribution in [-0.4, -0.2) is 67.6 Å². The fourth-order valence-electron chi connectivity index (χ4n) is 3.29. The van der Waals surface area contributed by atoms with E-state index in [1.54, 1.807) is 102 Å². The number of amides is 4. The molecule has 0 radical (unpaired) electrons. The summed E-state index contributed by atoms with van der Waals surface area (Å²) in [6, 6.07) is 17.1. The zero-order valence-corrected chi connectivity index (χ0v) is 23.6. The summed E-state index contributed by atoms with van der Waals surface area (Å²) >= 11 is 0. The summed E-state index contributed by atoms with van der Waals surface area (Å²) in [7, 11) is 0. The lowest BCUT2D eigenvalue weighted by atomic mass is 10.1. The second kappa shape index (κ2) is 13.8. The zero-order chi connectivity index (χ0) is 30.1. The van der Waals surface area contributed by atoms with E-state index in [4.69, 9.17) is 9.47 Å². The van der Waals surface area contributed by atoms with Crippen LogP contribution in [0.5, 0.6) is 0 Å². The van der Waals surface area contributed by atoms with Gasteiger partial charge in [-0.1, -0.05) is 60.7 Å². The third-order valence-corrected chi connectivity index (χ3v) is 4.95. The van der Waals surface area contributed by atoms with Crippen molar-refractivity contribution < 1.29 is 38.9 Å². The van der Waals surface area contributed by atoms with Gasteiger partial charge in [-0.3, -0.25) is 9.59 Å². The van der Waals surface area contributed by atoms with E-state index in [0.29, 0.717) is 11.1 Å². The van der Waals surface area contributed by atoms with Gasteiger partial charge in [0, 0.05) is 0 Å². The molecule has 0 saturated heterocycles. The third-order valence-electron chi connectivity index (χ3n) is 4.95. The van der Waals surface area contributed by atoms with Gasteiger partial charge in [0.15, 0.2) is 12.2 Å². The Morgan fingerprint density at radius 3 is 1.23 bits per heavy atom. The Bertz CT molecular complexity index is 1050. The van der Waals surface area contributed by atoms with Gasteiger partial charge in [0.1, 0.15) is 11.2 Å². The topological polar surface area (TPSA) is 158 Å². The van der Waals surface area contributed by atoms with Crippen molar-refractivity contribution in [2.24, 2.45) is 0 Å². The van der Waals surface area contributed by atoms with Crippen molar-refractivity contribution in [2.45, 2.75) is 78.0 Å². The summed E-state index contributed by atoms with van der Waals surface area (Å²) < 4.78 is 10.4. The zero-order valence-electron chi connectivity index (χ0n) is 23.6. The quantitative estimate of drug-likeness (QED) is 0.378. The minimum Gasteiger partial charge on any atom is -0.443 e. The molecule has 12 nitrogen and oxygen atoms in total. The number of rotatable bonds is 7. The van der Waals surface area contributed by atoms with Crippen LogP contribution in [0.3, 0.4) is 0 Å². The lowest BCUT2D eigenvalue weighted by Gasteiger charge is -2.31. The first-order valence-corrected chi connectivity index (χ1v) is 12.6. The number of benzene rings is 2. The summed E-state index contributed by atoms with van der Waals surface area (Å²) in [4.78, 5) is 51.4. The highest BCUT2D eigenvalue weighted by Gasteiger charge is 2.38. The average molecular weight is 559 g/mol. The van der Waals surface area contributed by atoms with E-state index in [0.717, 1.165) is 10.0 Å². The fourth-order valence-corrected chi connectivity index (χ4v) is 3.29. The second-order valence-corrected chi connectivity index (χ2v) is 10.9. The van der Waals surface area contributed by atoms with Crippen molar-refractivity contribution in [3.63, 3.8) is 0 Å². The SMILES string of the molecule is CC(C)(C)OC(=O)NN(Cc1ccccc1)C(=O)[C@H](O)[C@@H](O)C(=O)N(Cc1ccccc1)NC(=O)OC(C)(C)C. The monoisotopic (exact) mass is 558 g/mol. The molecule has 0 fully saturated rings. The van der Waals surface area contributed by atoms with E-state index < -0.39 is 47.4 Å². The van der Waals surface area contributed by atoms with Gasteiger partial charge in [0.2, 0.25) is 0 Å². The maximum atomic E-state index is 13.2. The number of hydrogen-bond donors (Lipinski definition) is 4. The molecule has 0 spiro atoms. The van der Waals surface area contributed by atoms with E-state index in [2.05, 4.69) is 10.9 Å². The van der Waals surface area contributed by atoms with Crippen LogP contribution in [0, 0.1) is 0 Å². The molecule has 0 bridgehead atoms. The molecule has 0 aromatic heterocycles. The van der Waals surface area contributed by atoms with Crippen LogP contribution in [0.15, 0.2) is 60.7 Å². The maximum Gasteiger partial charge on any atom is 0.426 e. The van der Waals surface area contributed by atoms with E-state index >= 15 is 0 Å². The average Bonchev–Trinajstić information content (AvgIpc) is 2.85. The van der Waals surface area contributed by atoms with E-state index in [1.165, 1.54) is 0 Å². The number of aliphatic hydroxyl groups excluding tert-OH is 2. The normalized spacial score (nSPS) is 12.9. The predicted molar refractivity (Wildman–Crippen MR) is 145 cm³/mol. The molecular weight excluding hydrogens is 520 g/mol. The molecule has 0 heterocycles. The molecular formula is C28H38N4O8. The number of nitrogens with zero attached hydrogens (tertiary/aromatic N) is 2. The summed E-state index contributed by atoms with van der Waals surface area (Å²) in [5, 5.41) is 23.0. The molecule has 12 heteroatoms. The Kier molecular flexibility index (Phi) is 11.0. The first-order chi connectivity index (χ1) is 18.6. The predicted octanol–water partition coefficient (Wildman–Crippen LogP) is 2.65. The number of carbonyl (C=O) groups is 4. The molecule has 2 rings (SSSR count). The molecule has 4 N–H and O–H groups in total. The number of aliphatic hydroxyl groups is 2. The van der Waals surface area contributed by atoms with Crippen LogP contribution >= 0.6 is 0 Å². The van der Waals surface area contributed by atoms with Gasteiger partial charge in [-0.2, -0.15) is 0 Å². The summed E-state index contributed by atoms with van der Waals surface area (Å²) in [6.45, 7) is 9.37. The van der Waals surface area contributed by atoms with Crippen molar-refractivity contribution in [3.8, 4) is 0 Å². The number of hydrazine groups is 2. The van der Waals surface area contributed by atoms with E-state index in [-0.39, 0.29) is 13.1 Å². The van der Waals surface area contributed by atoms with Crippen LogP contribution in [0.4, 0.5) is 9.59 Å². The van der Waals surface area contributed by atoms with Crippen LogP contribution in [0.1, 0.15) is 52.7 Å². The molecule has 0 aliphatic carbocycles. The summed E-state index contributed by atoms with van der Waals surface area (Å²) in [5.74, 6) is -2.38. The second-order valence-electron chi connectivity index (χ2n) is 10.9. The van der Waals surface area contributed by atoms with E-state index in [9.17, 15) is 29.4 Å². The van der Waals surface area contributed by atoms with E-state index in [1.807, 2.05) is 0 Å². The van der Waals surface area contributed by atoms with Crippen LogP contribution < -0.4 is 10.9 Å². The van der Waals surface area contributed by atoms with Gasteiger partial charge in [-0.05, 0) is 52.7 Å². The van der Waals surface area contributed by atoms with Gasteiger partial charge in [-0.15, -0.1) is 0 Å². The number of ether oxygens (including phenoxy) is 2. The number of hydrogen-bond acceptors (Lipinski definition) is 8. The molecule has 218 valence electrons. The first kappa shape index (κ1) is 32.1. The number of carbonyl (C=O) groups excluding carboxylic acids is 4. The molecule has 4 amide bonds. The summed E-state index contributed by atoms with van der Waals surface area (Å²) in [6.07, 6.45) is -6.60. The Morgan fingerprint density at radius 1 is 0.650 bits per heavy atom. The first-order valence-electron chi connectivity index (χ1n) is 12.6. The lowest BCUT2D eigenvalue weighted by Crippen LogP contribution is -2.58. The molecule has 2 aromatic carbocycles. The van der Waals surface area contributed by atoms with Crippen LogP contribution in [0.2, 0.25) is 0 Å². The van der Waals surface area contributed by atoms with Gasteiger partial charge in [0.25, 0.3) is 11.8 Å². The minimum absolute atomic E-state index is 0.208. The van der Waals surface area contributed by atoms with Crippen molar-refractivity contribution in [1.29, 1.82) is 0 Å². The maximum absolute atomic E-state index is 13.2. The molecule has 40 heavy (non-hydrogen) atoms. The van der Waals surface area contributed by atoms with Crippen molar-refractivity contribution in [2.75, 3.05) is 0 Å².